The van der Waals surface area contributed by atoms with E-state index < -0.39 is 17.5 Å². The molecule has 186 valence electrons. The average Bonchev–Trinajstić information content (AvgIpc) is 3.24. The molecule has 0 bridgehead atoms. The predicted octanol–water partition coefficient (Wildman–Crippen LogP) is 4.68. The van der Waals surface area contributed by atoms with E-state index in [0.717, 1.165) is 17.3 Å². The Morgan fingerprint density at radius 2 is 1.67 bits per heavy atom. The van der Waals surface area contributed by atoms with Crippen molar-refractivity contribution in [3.63, 3.8) is 0 Å². The van der Waals surface area contributed by atoms with Crippen LogP contribution in [0, 0.1) is 24.0 Å². The molecule has 0 saturated heterocycles. The van der Waals surface area contributed by atoms with Crippen molar-refractivity contribution >= 4 is 28.2 Å². The van der Waals surface area contributed by atoms with Gasteiger partial charge in [-0.05, 0) is 68.2 Å². The van der Waals surface area contributed by atoms with Gasteiger partial charge in [-0.2, -0.15) is 5.10 Å². The quantitative estimate of drug-likeness (QED) is 0.291. The first kappa shape index (κ1) is 25.0. The summed E-state index contributed by atoms with van der Waals surface area (Å²) in [4.78, 5) is 16.8. The molecule has 0 radical (unpaired) electrons. The molecule has 0 aliphatic heterocycles. The third kappa shape index (κ3) is 5.26. The lowest BCUT2D eigenvalue weighted by molar-refractivity contribution is 0.101. The van der Waals surface area contributed by atoms with Gasteiger partial charge < -0.3 is 15.1 Å². The molecule has 36 heavy (non-hydrogen) atoms. The summed E-state index contributed by atoms with van der Waals surface area (Å²) >= 11 is 0. The zero-order valence-electron chi connectivity index (χ0n) is 20.6. The number of likely N-dealkylation sites (N-methyl/N-ethyl adjacent to an activating group) is 2. The van der Waals surface area contributed by atoms with Crippen molar-refractivity contribution in [1.82, 2.24) is 19.6 Å². The second kappa shape index (κ2) is 10.2. The number of carbonyl (C=O) groups excluding carboxylic acids is 1. The first-order valence-electron chi connectivity index (χ1n) is 11.4. The van der Waals surface area contributed by atoms with E-state index in [2.05, 4.69) is 10.4 Å². The fraction of sp³-hybridized carbons (Fsp3) is 0.222. The van der Waals surface area contributed by atoms with Crippen molar-refractivity contribution in [1.29, 1.82) is 5.41 Å². The maximum Gasteiger partial charge on any atom is 0.274 e. The Morgan fingerprint density at radius 3 is 2.33 bits per heavy atom. The Labute approximate surface area is 208 Å². The SMILES string of the molecule is Cc1cc(C(=O)Nc2ccc(C(=N)N(C)CCN(C)C)cc2F)n(-c2cc3ccccc3cc2F)n1. The lowest BCUT2D eigenvalue weighted by Crippen LogP contribution is -2.33. The van der Waals surface area contributed by atoms with E-state index >= 15 is 0 Å². The third-order valence-electron chi connectivity index (χ3n) is 5.86. The number of rotatable bonds is 7. The number of aromatic nitrogens is 2. The molecule has 3 aromatic carbocycles. The summed E-state index contributed by atoms with van der Waals surface area (Å²) in [5, 5.41) is 16.7. The first-order chi connectivity index (χ1) is 17.1. The summed E-state index contributed by atoms with van der Waals surface area (Å²) in [7, 11) is 5.65. The van der Waals surface area contributed by atoms with Crippen molar-refractivity contribution < 1.29 is 13.6 Å². The molecule has 0 atom stereocenters. The monoisotopic (exact) mass is 490 g/mol. The molecule has 0 aliphatic carbocycles. The first-order valence-corrected chi connectivity index (χ1v) is 11.4. The van der Waals surface area contributed by atoms with Crippen LogP contribution >= 0.6 is 0 Å². The topological polar surface area (TPSA) is 77.3 Å². The van der Waals surface area contributed by atoms with Crippen LogP contribution in [0.4, 0.5) is 14.5 Å². The Balaban J connectivity index is 1.58. The van der Waals surface area contributed by atoms with Gasteiger partial charge in [0.15, 0.2) is 0 Å². The van der Waals surface area contributed by atoms with Crippen molar-refractivity contribution in [2.45, 2.75) is 6.92 Å². The highest BCUT2D eigenvalue weighted by molar-refractivity contribution is 6.04. The smallest absolute Gasteiger partial charge is 0.274 e. The molecular formula is C27H28F2N6O. The van der Waals surface area contributed by atoms with Gasteiger partial charge in [-0.15, -0.1) is 0 Å². The highest BCUT2D eigenvalue weighted by Crippen LogP contribution is 2.24. The van der Waals surface area contributed by atoms with Crippen LogP contribution in [-0.4, -0.2) is 65.6 Å². The summed E-state index contributed by atoms with van der Waals surface area (Å²) < 4.78 is 31.1. The normalized spacial score (nSPS) is 11.2. The van der Waals surface area contributed by atoms with Crippen LogP contribution in [0.1, 0.15) is 21.7 Å². The summed E-state index contributed by atoms with van der Waals surface area (Å²) in [6.07, 6.45) is 0. The molecule has 0 aliphatic rings. The van der Waals surface area contributed by atoms with Gasteiger partial charge in [0.1, 0.15) is 28.9 Å². The van der Waals surface area contributed by atoms with Crippen LogP contribution in [0.2, 0.25) is 0 Å². The summed E-state index contributed by atoms with van der Waals surface area (Å²) in [6, 6.07) is 16.1. The molecule has 1 aromatic heterocycles. The van der Waals surface area contributed by atoms with Crippen LogP contribution in [0.15, 0.2) is 60.7 Å². The summed E-state index contributed by atoms with van der Waals surface area (Å²) in [5.41, 5.74) is 1.05. The molecule has 1 amide bonds. The molecule has 0 saturated carbocycles. The van der Waals surface area contributed by atoms with Crippen LogP contribution in [0.3, 0.4) is 0 Å². The second-order valence-corrected chi connectivity index (χ2v) is 8.96. The van der Waals surface area contributed by atoms with Gasteiger partial charge in [0.25, 0.3) is 5.91 Å². The summed E-state index contributed by atoms with van der Waals surface area (Å²) in [6.45, 7) is 3.06. The number of amides is 1. The highest BCUT2D eigenvalue weighted by Gasteiger charge is 2.20. The Bertz CT molecular complexity index is 1450. The molecule has 9 heteroatoms. The molecule has 2 N–H and O–H groups in total. The van der Waals surface area contributed by atoms with Crippen molar-refractivity contribution in [2.75, 3.05) is 39.5 Å². The highest BCUT2D eigenvalue weighted by atomic mass is 19.1. The molecule has 0 spiro atoms. The van der Waals surface area contributed by atoms with Crippen molar-refractivity contribution in [3.05, 3.63) is 89.2 Å². The lowest BCUT2D eigenvalue weighted by Gasteiger charge is -2.22. The standard InChI is InChI=1S/C27H28F2N6O/c1-17-13-25(35(32-17)24-16-19-8-6-5-7-18(19)14-22(24)29)27(36)31-23-10-9-20(15-21(23)28)26(30)34(4)12-11-33(2)3/h5-10,13-16,30H,11-12H2,1-4H3,(H,31,36). The predicted molar refractivity (Wildman–Crippen MR) is 138 cm³/mol. The minimum atomic E-state index is -0.675. The van der Waals surface area contributed by atoms with Gasteiger partial charge in [0.2, 0.25) is 0 Å². The van der Waals surface area contributed by atoms with Crippen molar-refractivity contribution in [2.24, 2.45) is 0 Å². The van der Waals surface area contributed by atoms with Gasteiger partial charge >= 0.3 is 0 Å². The van der Waals surface area contributed by atoms with Gasteiger partial charge in [-0.1, -0.05) is 24.3 Å². The molecule has 0 unspecified atom stereocenters. The van der Waals surface area contributed by atoms with E-state index in [-0.39, 0.29) is 22.9 Å². The Morgan fingerprint density at radius 1 is 0.972 bits per heavy atom. The number of benzene rings is 3. The number of nitrogens with zero attached hydrogens (tertiary/aromatic N) is 4. The number of nitrogens with one attached hydrogen (secondary N) is 2. The largest absolute Gasteiger partial charge is 0.358 e. The number of hydrogen-bond acceptors (Lipinski definition) is 4. The number of anilines is 1. The van der Waals surface area contributed by atoms with Crippen LogP contribution < -0.4 is 5.32 Å². The zero-order valence-corrected chi connectivity index (χ0v) is 20.6. The number of halogens is 2. The minimum Gasteiger partial charge on any atom is -0.358 e. The van der Waals surface area contributed by atoms with E-state index in [1.807, 2.05) is 37.2 Å². The Hall–Kier alpha value is -4.11. The molecule has 7 nitrogen and oxygen atoms in total. The van der Waals surface area contributed by atoms with E-state index in [9.17, 15) is 13.6 Å². The fourth-order valence-corrected chi connectivity index (χ4v) is 3.84. The maximum absolute atomic E-state index is 15.0. The second-order valence-electron chi connectivity index (χ2n) is 8.96. The molecule has 1 heterocycles. The number of amidine groups is 1. The lowest BCUT2D eigenvalue weighted by atomic mass is 10.1. The number of aryl methyl sites for hydroxylation is 1. The third-order valence-corrected chi connectivity index (χ3v) is 5.86. The van der Waals surface area contributed by atoms with E-state index in [1.54, 1.807) is 37.1 Å². The van der Waals surface area contributed by atoms with Gasteiger partial charge in [0.05, 0.1) is 11.4 Å². The van der Waals surface area contributed by atoms with Crippen LogP contribution in [0.5, 0.6) is 0 Å². The van der Waals surface area contributed by atoms with Crippen LogP contribution in [-0.2, 0) is 0 Å². The van der Waals surface area contributed by atoms with Gasteiger partial charge in [-0.25, -0.2) is 13.5 Å². The molecular weight excluding hydrogens is 462 g/mol. The van der Waals surface area contributed by atoms with Crippen LogP contribution in [0.25, 0.3) is 16.5 Å². The molecule has 0 fully saturated rings. The Kier molecular flexibility index (Phi) is 7.12. The number of carbonyl (C=O) groups is 1. The fourth-order valence-electron chi connectivity index (χ4n) is 3.84. The minimum absolute atomic E-state index is 0.0446. The van der Waals surface area contributed by atoms with Gasteiger partial charge in [-0.3, -0.25) is 10.2 Å². The summed E-state index contributed by atoms with van der Waals surface area (Å²) in [5.74, 6) is -1.66. The van der Waals surface area contributed by atoms with E-state index in [1.165, 1.54) is 28.9 Å². The molecule has 4 rings (SSSR count). The number of fused-ring (bicyclic) bond motifs is 1. The molecule has 4 aromatic rings. The van der Waals surface area contributed by atoms with Gasteiger partial charge in [0, 0.05) is 25.7 Å². The average molecular weight is 491 g/mol. The van der Waals surface area contributed by atoms with Crippen molar-refractivity contribution in [3.8, 4) is 5.69 Å². The van der Waals surface area contributed by atoms with E-state index in [4.69, 9.17) is 5.41 Å². The number of hydrogen-bond donors (Lipinski definition) is 2. The van der Waals surface area contributed by atoms with E-state index in [0.29, 0.717) is 17.8 Å². The maximum atomic E-state index is 15.0. The zero-order chi connectivity index (χ0) is 26.0.